The second kappa shape index (κ2) is 6.80. The van der Waals surface area contributed by atoms with Crippen LogP contribution in [0, 0.1) is 0 Å². The highest BCUT2D eigenvalue weighted by Crippen LogP contribution is 2.17. The van der Waals surface area contributed by atoms with E-state index in [1.807, 2.05) is 60.9 Å². The summed E-state index contributed by atoms with van der Waals surface area (Å²) >= 11 is 1.61. The van der Waals surface area contributed by atoms with Crippen LogP contribution in [0.3, 0.4) is 0 Å². The quantitative estimate of drug-likeness (QED) is 0.741. The number of anilines is 1. The molecule has 0 spiro atoms. The Balaban J connectivity index is 2.12. The van der Waals surface area contributed by atoms with E-state index in [4.69, 9.17) is 5.73 Å². The van der Waals surface area contributed by atoms with E-state index in [9.17, 15) is 9.59 Å². The maximum Gasteiger partial charge on any atom is 0.337 e. The van der Waals surface area contributed by atoms with Gasteiger partial charge in [0.1, 0.15) is 5.82 Å². The normalized spacial score (nSPS) is 10.7. The van der Waals surface area contributed by atoms with E-state index >= 15 is 0 Å². The summed E-state index contributed by atoms with van der Waals surface area (Å²) < 4.78 is 2.54. The molecule has 3 rings (SSSR count). The summed E-state index contributed by atoms with van der Waals surface area (Å²) in [5, 5.41) is 0. The molecule has 0 amide bonds. The number of nitrogens with two attached hydrogens (primary N) is 1. The molecule has 0 aliphatic carbocycles. The van der Waals surface area contributed by atoms with Crippen molar-refractivity contribution in [3.63, 3.8) is 0 Å². The molecule has 0 unspecified atom stereocenters. The zero-order chi connectivity index (χ0) is 17.1. The Bertz CT molecular complexity index is 960. The summed E-state index contributed by atoms with van der Waals surface area (Å²) in [5.41, 5.74) is 6.60. The molecular weight excluding hydrogens is 322 g/mol. The van der Waals surface area contributed by atoms with Crippen LogP contribution in [0.5, 0.6) is 0 Å². The highest BCUT2D eigenvalue weighted by atomic mass is 32.2. The Morgan fingerprint density at radius 3 is 2.29 bits per heavy atom. The first-order chi connectivity index (χ1) is 11.6. The van der Waals surface area contributed by atoms with E-state index in [0.29, 0.717) is 5.69 Å². The minimum atomic E-state index is -0.444. The SMILES string of the molecule is CSc1ccc(-n2c(N)cc(=O)n(Cc3ccccc3)c2=O)cc1. The average molecular weight is 339 g/mol. The number of thioether (sulfide) groups is 1. The van der Waals surface area contributed by atoms with Crippen LogP contribution >= 0.6 is 11.8 Å². The van der Waals surface area contributed by atoms with Crippen LogP contribution in [0.4, 0.5) is 5.82 Å². The number of hydrogen-bond donors (Lipinski definition) is 1. The lowest BCUT2D eigenvalue weighted by Crippen LogP contribution is -2.40. The van der Waals surface area contributed by atoms with E-state index in [2.05, 4.69) is 0 Å². The van der Waals surface area contributed by atoms with E-state index in [1.54, 1.807) is 11.8 Å². The van der Waals surface area contributed by atoms with Gasteiger partial charge in [0.05, 0.1) is 12.2 Å². The van der Waals surface area contributed by atoms with Crippen LogP contribution in [0.25, 0.3) is 5.69 Å². The number of nitrogens with zero attached hydrogens (tertiary/aromatic N) is 2. The molecule has 0 radical (unpaired) electrons. The monoisotopic (exact) mass is 339 g/mol. The second-order valence-electron chi connectivity index (χ2n) is 5.30. The molecule has 0 saturated carbocycles. The Kier molecular flexibility index (Phi) is 4.57. The van der Waals surface area contributed by atoms with Crippen molar-refractivity contribution in [3.05, 3.63) is 87.1 Å². The molecule has 2 aromatic carbocycles. The third kappa shape index (κ3) is 3.14. The van der Waals surface area contributed by atoms with Crippen LogP contribution in [-0.4, -0.2) is 15.4 Å². The number of benzene rings is 2. The Morgan fingerprint density at radius 2 is 1.67 bits per heavy atom. The van der Waals surface area contributed by atoms with Crippen molar-refractivity contribution in [1.29, 1.82) is 0 Å². The van der Waals surface area contributed by atoms with E-state index in [1.165, 1.54) is 15.2 Å². The topological polar surface area (TPSA) is 70.0 Å². The number of rotatable bonds is 4. The maximum atomic E-state index is 12.8. The molecule has 6 heteroatoms. The van der Waals surface area contributed by atoms with E-state index in [-0.39, 0.29) is 12.4 Å². The Hall–Kier alpha value is -2.73. The fourth-order valence-electron chi connectivity index (χ4n) is 2.50. The molecule has 2 N–H and O–H groups in total. The van der Waals surface area contributed by atoms with Gasteiger partial charge in [0, 0.05) is 11.0 Å². The molecule has 122 valence electrons. The largest absolute Gasteiger partial charge is 0.385 e. The van der Waals surface area contributed by atoms with Crippen molar-refractivity contribution < 1.29 is 0 Å². The molecule has 0 fully saturated rings. The molecule has 24 heavy (non-hydrogen) atoms. The van der Waals surface area contributed by atoms with Gasteiger partial charge in [-0.1, -0.05) is 30.3 Å². The first-order valence-electron chi connectivity index (χ1n) is 7.41. The molecular formula is C18H17N3O2S. The molecule has 1 heterocycles. The van der Waals surface area contributed by atoms with Crippen LogP contribution < -0.4 is 17.0 Å². The highest BCUT2D eigenvalue weighted by Gasteiger charge is 2.11. The number of hydrogen-bond acceptors (Lipinski definition) is 4. The minimum Gasteiger partial charge on any atom is -0.385 e. The Labute approximate surface area is 143 Å². The van der Waals surface area contributed by atoms with Gasteiger partial charge in [0.2, 0.25) is 0 Å². The summed E-state index contributed by atoms with van der Waals surface area (Å²) in [6.45, 7) is 0.210. The summed E-state index contributed by atoms with van der Waals surface area (Å²) in [4.78, 5) is 26.1. The third-order valence-corrected chi connectivity index (χ3v) is 4.48. The van der Waals surface area contributed by atoms with Crippen molar-refractivity contribution in [1.82, 2.24) is 9.13 Å². The zero-order valence-electron chi connectivity index (χ0n) is 13.2. The van der Waals surface area contributed by atoms with E-state index < -0.39 is 11.2 Å². The minimum absolute atomic E-state index is 0.131. The lowest BCUT2D eigenvalue weighted by molar-refractivity contribution is 0.673. The van der Waals surface area contributed by atoms with Gasteiger partial charge in [-0.2, -0.15) is 0 Å². The van der Waals surface area contributed by atoms with Gasteiger partial charge >= 0.3 is 5.69 Å². The Morgan fingerprint density at radius 1 is 1.00 bits per heavy atom. The third-order valence-electron chi connectivity index (χ3n) is 3.73. The van der Waals surface area contributed by atoms with Crippen LogP contribution in [0.15, 0.2) is 75.1 Å². The van der Waals surface area contributed by atoms with Crippen LogP contribution in [0.1, 0.15) is 5.56 Å². The number of nitrogen functional groups attached to an aromatic ring is 1. The van der Waals surface area contributed by atoms with E-state index in [0.717, 1.165) is 10.5 Å². The first kappa shape index (κ1) is 16.1. The molecule has 0 aliphatic rings. The van der Waals surface area contributed by atoms with Gasteiger partial charge in [-0.05, 0) is 36.1 Å². The first-order valence-corrected chi connectivity index (χ1v) is 8.63. The average Bonchev–Trinajstić information content (AvgIpc) is 2.60. The van der Waals surface area contributed by atoms with Gasteiger partial charge in [0.25, 0.3) is 5.56 Å². The molecule has 3 aromatic rings. The molecule has 0 saturated heterocycles. The fourth-order valence-corrected chi connectivity index (χ4v) is 2.90. The summed E-state index contributed by atoms with van der Waals surface area (Å²) in [5.74, 6) is 0.131. The smallest absolute Gasteiger partial charge is 0.337 e. The molecule has 1 aromatic heterocycles. The van der Waals surface area contributed by atoms with Crippen LogP contribution in [-0.2, 0) is 6.54 Å². The van der Waals surface area contributed by atoms with Crippen LogP contribution in [0.2, 0.25) is 0 Å². The zero-order valence-corrected chi connectivity index (χ0v) is 14.0. The van der Waals surface area contributed by atoms with Gasteiger partial charge in [-0.3, -0.25) is 9.36 Å². The summed E-state index contributed by atoms with van der Waals surface area (Å²) in [6.07, 6.45) is 1.98. The lowest BCUT2D eigenvalue weighted by atomic mass is 10.2. The fraction of sp³-hybridized carbons (Fsp3) is 0.111. The van der Waals surface area contributed by atoms with Crippen molar-refractivity contribution in [2.45, 2.75) is 11.4 Å². The molecule has 0 aliphatic heterocycles. The van der Waals surface area contributed by atoms with Gasteiger partial charge in [-0.15, -0.1) is 11.8 Å². The van der Waals surface area contributed by atoms with Crippen molar-refractivity contribution in [2.75, 3.05) is 12.0 Å². The predicted octanol–water partition coefficient (Wildman–Crippen LogP) is 2.35. The van der Waals surface area contributed by atoms with Gasteiger partial charge < -0.3 is 5.73 Å². The molecule has 0 atom stereocenters. The molecule has 5 nitrogen and oxygen atoms in total. The highest BCUT2D eigenvalue weighted by molar-refractivity contribution is 7.98. The predicted molar refractivity (Wildman–Crippen MR) is 98.0 cm³/mol. The lowest BCUT2D eigenvalue weighted by Gasteiger charge is -2.13. The summed E-state index contributed by atoms with van der Waals surface area (Å²) in [7, 11) is 0. The van der Waals surface area contributed by atoms with Crippen molar-refractivity contribution in [2.24, 2.45) is 0 Å². The summed E-state index contributed by atoms with van der Waals surface area (Å²) in [6, 6.07) is 18.1. The van der Waals surface area contributed by atoms with Gasteiger partial charge in [-0.25, -0.2) is 9.36 Å². The number of aromatic nitrogens is 2. The van der Waals surface area contributed by atoms with Crippen molar-refractivity contribution >= 4 is 17.6 Å². The molecule has 0 bridgehead atoms. The maximum absolute atomic E-state index is 12.8. The standard InChI is InChI=1S/C18H17N3O2S/c1-24-15-9-7-14(8-10-15)21-16(19)11-17(22)20(18(21)23)12-13-5-3-2-4-6-13/h2-11H,12,19H2,1H3. The second-order valence-corrected chi connectivity index (χ2v) is 6.17. The van der Waals surface area contributed by atoms with Crippen molar-refractivity contribution in [3.8, 4) is 5.69 Å². The van der Waals surface area contributed by atoms with Gasteiger partial charge in [0.15, 0.2) is 0 Å².